The molecule has 3 aromatic heterocycles. The number of hydrogen-bond donors (Lipinski definition) is 1. The molecule has 4 heterocycles. The topological polar surface area (TPSA) is 91.8 Å². The van der Waals surface area contributed by atoms with Crippen molar-refractivity contribution < 1.29 is 4.79 Å². The number of rotatable bonds is 3. The molecule has 0 aromatic carbocycles. The van der Waals surface area contributed by atoms with Crippen molar-refractivity contribution in [1.82, 2.24) is 24.8 Å². The lowest BCUT2D eigenvalue weighted by Gasteiger charge is -2.31. The van der Waals surface area contributed by atoms with Crippen LogP contribution in [0.1, 0.15) is 56.9 Å². The second-order valence-corrected chi connectivity index (χ2v) is 8.87. The summed E-state index contributed by atoms with van der Waals surface area (Å²) >= 11 is 1.68. The van der Waals surface area contributed by atoms with E-state index in [0.29, 0.717) is 19.0 Å². The van der Waals surface area contributed by atoms with Gasteiger partial charge in [-0.1, -0.05) is 0 Å². The first-order valence-electron chi connectivity index (χ1n) is 10.1. The summed E-state index contributed by atoms with van der Waals surface area (Å²) in [4.78, 5) is 44.3. The highest BCUT2D eigenvalue weighted by Crippen LogP contribution is 2.36. The molecule has 0 unspecified atom stereocenters. The van der Waals surface area contributed by atoms with E-state index >= 15 is 0 Å². The third-order valence-corrected chi connectivity index (χ3v) is 7.02. The zero-order valence-electron chi connectivity index (χ0n) is 17.7. The van der Waals surface area contributed by atoms with E-state index in [1.807, 2.05) is 33.8 Å². The summed E-state index contributed by atoms with van der Waals surface area (Å²) in [6.07, 6.45) is 3.45. The molecular weight excluding hydrogens is 398 g/mol. The van der Waals surface area contributed by atoms with Gasteiger partial charge in [0.15, 0.2) is 0 Å². The molecular formula is C22H25N5O2S. The number of piperidine rings is 1. The van der Waals surface area contributed by atoms with Crippen LogP contribution in [0.3, 0.4) is 0 Å². The van der Waals surface area contributed by atoms with Gasteiger partial charge in [-0.25, -0.2) is 15.0 Å². The number of aromatic amines is 1. The van der Waals surface area contributed by atoms with E-state index in [4.69, 9.17) is 4.98 Å². The van der Waals surface area contributed by atoms with Crippen molar-refractivity contribution >= 4 is 17.2 Å². The SMILES string of the molecule is Cc1nccc(-c2sc(C3CCN(C(=O)c4cc(C)c(C)[nH]c4=O)CC3)nc2C)n1. The Labute approximate surface area is 179 Å². The van der Waals surface area contributed by atoms with Crippen LogP contribution in [0.15, 0.2) is 23.1 Å². The van der Waals surface area contributed by atoms with Crippen LogP contribution in [-0.2, 0) is 0 Å². The Hall–Kier alpha value is -2.87. The number of hydrogen-bond acceptors (Lipinski definition) is 6. The summed E-state index contributed by atoms with van der Waals surface area (Å²) in [5, 5.41) is 1.09. The lowest BCUT2D eigenvalue weighted by atomic mass is 9.97. The molecule has 1 fully saturated rings. The molecule has 30 heavy (non-hydrogen) atoms. The molecule has 1 aliphatic rings. The lowest BCUT2D eigenvalue weighted by Crippen LogP contribution is -2.40. The van der Waals surface area contributed by atoms with Gasteiger partial charge in [0.05, 0.1) is 21.3 Å². The quantitative estimate of drug-likeness (QED) is 0.696. The third kappa shape index (κ3) is 3.92. The Bertz CT molecular complexity index is 1160. The van der Waals surface area contributed by atoms with E-state index in [9.17, 15) is 9.59 Å². The van der Waals surface area contributed by atoms with E-state index in [0.717, 1.165) is 51.2 Å². The maximum Gasteiger partial charge on any atom is 0.261 e. The van der Waals surface area contributed by atoms with Crippen molar-refractivity contribution in [3.05, 3.63) is 62.0 Å². The molecule has 1 amide bonds. The van der Waals surface area contributed by atoms with Crippen LogP contribution >= 0.6 is 11.3 Å². The predicted molar refractivity (Wildman–Crippen MR) is 117 cm³/mol. The van der Waals surface area contributed by atoms with E-state index < -0.39 is 0 Å². The smallest absolute Gasteiger partial charge is 0.261 e. The normalized spacial score (nSPS) is 14.9. The molecule has 3 aromatic rings. The molecule has 7 nitrogen and oxygen atoms in total. The zero-order chi connectivity index (χ0) is 21.4. The van der Waals surface area contributed by atoms with Crippen molar-refractivity contribution in [2.24, 2.45) is 0 Å². The Morgan fingerprint density at radius 1 is 1.17 bits per heavy atom. The molecule has 0 bridgehead atoms. The van der Waals surface area contributed by atoms with Crippen LogP contribution in [0.5, 0.6) is 0 Å². The van der Waals surface area contributed by atoms with Crippen LogP contribution in [0.25, 0.3) is 10.6 Å². The average Bonchev–Trinajstić information content (AvgIpc) is 3.12. The lowest BCUT2D eigenvalue weighted by molar-refractivity contribution is 0.0711. The second-order valence-electron chi connectivity index (χ2n) is 7.84. The number of nitrogens with one attached hydrogen (secondary N) is 1. The van der Waals surface area contributed by atoms with Crippen molar-refractivity contribution in [1.29, 1.82) is 0 Å². The van der Waals surface area contributed by atoms with Crippen LogP contribution in [0, 0.1) is 27.7 Å². The molecule has 0 aliphatic carbocycles. The Morgan fingerprint density at radius 2 is 1.90 bits per heavy atom. The number of carbonyl (C=O) groups is 1. The Balaban J connectivity index is 1.48. The third-order valence-electron chi connectivity index (χ3n) is 5.68. The monoisotopic (exact) mass is 423 g/mol. The minimum absolute atomic E-state index is 0.190. The Morgan fingerprint density at radius 3 is 2.60 bits per heavy atom. The minimum atomic E-state index is -0.314. The minimum Gasteiger partial charge on any atom is -0.338 e. The fourth-order valence-corrected chi connectivity index (χ4v) is 5.00. The maximum atomic E-state index is 12.9. The molecule has 0 radical (unpaired) electrons. The van der Waals surface area contributed by atoms with E-state index in [1.165, 1.54) is 0 Å². The Kier molecular flexibility index (Phi) is 5.51. The van der Waals surface area contributed by atoms with E-state index in [-0.39, 0.29) is 17.0 Å². The highest BCUT2D eigenvalue weighted by atomic mass is 32.1. The van der Waals surface area contributed by atoms with E-state index in [1.54, 1.807) is 28.5 Å². The van der Waals surface area contributed by atoms with Crippen LogP contribution in [-0.4, -0.2) is 43.8 Å². The first-order valence-corrected chi connectivity index (χ1v) is 10.9. The highest BCUT2D eigenvalue weighted by Gasteiger charge is 2.28. The number of likely N-dealkylation sites (tertiary alicyclic amines) is 1. The van der Waals surface area contributed by atoms with Crippen molar-refractivity contribution in [2.75, 3.05) is 13.1 Å². The van der Waals surface area contributed by atoms with Gasteiger partial charge in [-0.3, -0.25) is 9.59 Å². The number of amides is 1. The zero-order valence-corrected chi connectivity index (χ0v) is 18.5. The summed E-state index contributed by atoms with van der Waals surface area (Å²) < 4.78 is 0. The molecule has 4 rings (SSSR count). The predicted octanol–water partition coefficient (Wildman–Crippen LogP) is 3.54. The summed E-state index contributed by atoms with van der Waals surface area (Å²) in [5.41, 5.74) is 3.51. The molecule has 156 valence electrons. The van der Waals surface area contributed by atoms with Gasteiger partial charge in [0.2, 0.25) is 0 Å². The second kappa shape index (κ2) is 8.10. The van der Waals surface area contributed by atoms with Crippen molar-refractivity contribution in [3.8, 4) is 10.6 Å². The molecule has 1 saturated heterocycles. The summed E-state index contributed by atoms with van der Waals surface area (Å²) in [6, 6.07) is 3.61. The molecule has 0 atom stereocenters. The largest absolute Gasteiger partial charge is 0.338 e. The van der Waals surface area contributed by atoms with Gasteiger partial charge in [0.25, 0.3) is 11.5 Å². The number of aryl methyl sites for hydroxylation is 4. The van der Waals surface area contributed by atoms with E-state index in [2.05, 4.69) is 15.0 Å². The molecule has 1 N–H and O–H groups in total. The number of pyridine rings is 1. The van der Waals surface area contributed by atoms with Crippen LogP contribution in [0.2, 0.25) is 0 Å². The molecule has 0 saturated carbocycles. The molecule has 1 aliphatic heterocycles. The number of carbonyl (C=O) groups excluding carboxylic acids is 1. The van der Waals surface area contributed by atoms with Gasteiger partial charge >= 0.3 is 0 Å². The number of thiazole rings is 1. The van der Waals surface area contributed by atoms with Crippen molar-refractivity contribution in [2.45, 2.75) is 46.5 Å². The first kappa shape index (κ1) is 20.4. The fourth-order valence-electron chi connectivity index (χ4n) is 3.80. The summed E-state index contributed by atoms with van der Waals surface area (Å²) in [7, 11) is 0. The number of nitrogens with zero attached hydrogens (tertiary/aromatic N) is 4. The van der Waals surface area contributed by atoms with Gasteiger partial charge < -0.3 is 9.88 Å². The highest BCUT2D eigenvalue weighted by molar-refractivity contribution is 7.15. The summed E-state index contributed by atoms with van der Waals surface area (Å²) in [6.45, 7) is 8.87. The van der Waals surface area contributed by atoms with Crippen molar-refractivity contribution in [3.63, 3.8) is 0 Å². The number of H-pyrrole nitrogens is 1. The van der Waals surface area contributed by atoms with Gasteiger partial charge in [0, 0.05) is 30.9 Å². The summed E-state index contributed by atoms with van der Waals surface area (Å²) in [5.74, 6) is 0.868. The first-order chi connectivity index (χ1) is 14.3. The van der Waals surface area contributed by atoms with Crippen LogP contribution < -0.4 is 5.56 Å². The van der Waals surface area contributed by atoms with Gasteiger partial charge in [-0.2, -0.15) is 0 Å². The number of aromatic nitrogens is 4. The standard InChI is InChI=1S/C22H25N5O2S/c1-12-11-17(20(28)24-13(12)2)22(29)27-9-6-16(7-10-27)21-25-14(3)19(30-21)18-5-8-23-15(4)26-18/h5,8,11,16H,6-7,9-10H2,1-4H3,(H,24,28). The van der Waals surface area contributed by atoms with Gasteiger partial charge in [-0.15, -0.1) is 11.3 Å². The molecule has 8 heteroatoms. The van der Waals surface area contributed by atoms with Gasteiger partial charge in [-0.05, 0) is 58.2 Å². The van der Waals surface area contributed by atoms with Gasteiger partial charge in [0.1, 0.15) is 11.4 Å². The fraction of sp³-hybridized carbons (Fsp3) is 0.409. The maximum absolute atomic E-state index is 12.9. The van der Waals surface area contributed by atoms with Crippen LogP contribution in [0.4, 0.5) is 0 Å². The average molecular weight is 424 g/mol. The molecule has 0 spiro atoms.